The third-order valence-electron chi connectivity index (χ3n) is 3.80. The van der Waals surface area contributed by atoms with Crippen LogP contribution in [0.1, 0.15) is 49.4 Å². The lowest BCUT2D eigenvalue weighted by Gasteiger charge is -2.29. The van der Waals surface area contributed by atoms with Crippen LogP contribution < -0.4 is 5.32 Å². The number of nitrogens with one attached hydrogen (secondary N) is 1. The summed E-state index contributed by atoms with van der Waals surface area (Å²) in [5.74, 6) is 0.804. The average molecular weight is 247 g/mol. The van der Waals surface area contributed by atoms with Crippen molar-refractivity contribution in [1.82, 2.24) is 5.32 Å². The number of hydrogen-bond acceptors (Lipinski definition) is 2. The summed E-state index contributed by atoms with van der Waals surface area (Å²) < 4.78 is 0. The van der Waals surface area contributed by atoms with Gasteiger partial charge in [0.05, 0.1) is 0 Å². The Morgan fingerprint density at radius 2 is 2.28 bits per heavy atom. The van der Waals surface area contributed by atoms with Gasteiger partial charge in [-0.1, -0.05) is 32.3 Å². The fourth-order valence-corrected chi connectivity index (χ4v) is 2.71. The Balaban J connectivity index is 1.95. The quantitative estimate of drug-likeness (QED) is 0.862. The van der Waals surface area contributed by atoms with Gasteiger partial charge in [-0.25, -0.2) is 0 Å². The molecule has 1 saturated carbocycles. The maximum Gasteiger partial charge on any atom is 0.251 e. The summed E-state index contributed by atoms with van der Waals surface area (Å²) in [7, 11) is 0. The van der Waals surface area contributed by atoms with Crippen molar-refractivity contribution in [2.24, 2.45) is 5.92 Å². The monoisotopic (exact) mass is 247 g/mol. The van der Waals surface area contributed by atoms with Crippen LogP contribution in [0, 0.1) is 5.92 Å². The Bertz CT molecular complexity index is 417. The molecule has 98 valence electrons. The van der Waals surface area contributed by atoms with Crippen LogP contribution in [0.2, 0.25) is 0 Å². The number of carbonyl (C=O) groups excluding carboxylic acids is 1. The van der Waals surface area contributed by atoms with Crippen molar-refractivity contribution >= 4 is 5.91 Å². The molecule has 0 aliphatic heterocycles. The van der Waals surface area contributed by atoms with Gasteiger partial charge in [-0.2, -0.15) is 0 Å². The van der Waals surface area contributed by atoms with Crippen molar-refractivity contribution in [1.29, 1.82) is 0 Å². The third kappa shape index (κ3) is 3.25. The van der Waals surface area contributed by atoms with Crippen molar-refractivity contribution in [2.45, 2.75) is 45.1 Å². The number of aromatic hydroxyl groups is 1. The summed E-state index contributed by atoms with van der Waals surface area (Å²) in [5.41, 5.74) is 0.536. The van der Waals surface area contributed by atoms with Gasteiger partial charge in [0, 0.05) is 11.6 Å². The third-order valence-corrected chi connectivity index (χ3v) is 3.80. The standard InChI is InChI=1S/C15H21NO2/c1-2-11-5-3-7-13(9-11)16-15(18)12-6-4-8-14(17)10-12/h4,6,8,10-11,13,17H,2-3,5,7,9H2,1H3,(H,16,18). The molecule has 2 N–H and O–H groups in total. The minimum absolute atomic E-state index is 0.0762. The first-order valence-corrected chi connectivity index (χ1v) is 6.79. The lowest BCUT2D eigenvalue weighted by Crippen LogP contribution is -2.38. The molecule has 1 aliphatic carbocycles. The van der Waals surface area contributed by atoms with Gasteiger partial charge in [-0.3, -0.25) is 4.79 Å². The normalized spacial score (nSPS) is 23.6. The molecule has 2 rings (SSSR count). The van der Waals surface area contributed by atoms with E-state index in [0.29, 0.717) is 11.6 Å². The van der Waals surface area contributed by atoms with Crippen LogP contribution in [-0.4, -0.2) is 17.1 Å². The summed E-state index contributed by atoms with van der Waals surface area (Å²) in [6.07, 6.45) is 5.83. The molecule has 1 amide bonds. The highest BCUT2D eigenvalue weighted by molar-refractivity contribution is 5.94. The Morgan fingerprint density at radius 1 is 1.44 bits per heavy atom. The zero-order chi connectivity index (χ0) is 13.0. The van der Waals surface area contributed by atoms with Gasteiger partial charge in [0.2, 0.25) is 0 Å². The van der Waals surface area contributed by atoms with Crippen molar-refractivity contribution in [3.8, 4) is 5.75 Å². The lowest BCUT2D eigenvalue weighted by atomic mass is 9.84. The molecule has 2 atom stereocenters. The van der Waals surface area contributed by atoms with E-state index < -0.39 is 0 Å². The largest absolute Gasteiger partial charge is 0.508 e. The van der Waals surface area contributed by atoms with Crippen LogP contribution in [0.25, 0.3) is 0 Å². The summed E-state index contributed by atoms with van der Waals surface area (Å²) >= 11 is 0. The van der Waals surface area contributed by atoms with E-state index in [4.69, 9.17) is 0 Å². The van der Waals surface area contributed by atoms with Crippen LogP contribution in [-0.2, 0) is 0 Å². The summed E-state index contributed by atoms with van der Waals surface area (Å²) in [6.45, 7) is 2.21. The molecule has 0 saturated heterocycles. The molecule has 0 heterocycles. The summed E-state index contributed by atoms with van der Waals surface area (Å²) in [6, 6.07) is 6.80. The van der Waals surface area contributed by atoms with Crippen molar-refractivity contribution in [3.63, 3.8) is 0 Å². The maximum absolute atomic E-state index is 12.0. The molecule has 1 aliphatic rings. The first kappa shape index (κ1) is 12.9. The lowest BCUT2D eigenvalue weighted by molar-refractivity contribution is 0.0918. The van der Waals surface area contributed by atoms with E-state index in [0.717, 1.165) is 18.8 Å². The fraction of sp³-hybridized carbons (Fsp3) is 0.533. The molecule has 3 heteroatoms. The fourth-order valence-electron chi connectivity index (χ4n) is 2.71. The van der Waals surface area contributed by atoms with Crippen LogP contribution in [0.5, 0.6) is 5.75 Å². The van der Waals surface area contributed by atoms with E-state index in [-0.39, 0.29) is 11.7 Å². The van der Waals surface area contributed by atoms with E-state index in [1.54, 1.807) is 18.2 Å². The van der Waals surface area contributed by atoms with Gasteiger partial charge in [0.1, 0.15) is 5.75 Å². The highest BCUT2D eigenvalue weighted by Gasteiger charge is 2.22. The zero-order valence-electron chi connectivity index (χ0n) is 10.9. The number of hydrogen-bond donors (Lipinski definition) is 2. The zero-order valence-corrected chi connectivity index (χ0v) is 10.9. The molecule has 0 bridgehead atoms. The van der Waals surface area contributed by atoms with Crippen LogP contribution in [0.4, 0.5) is 0 Å². The smallest absolute Gasteiger partial charge is 0.251 e. The van der Waals surface area contributed by atoms with E-state index in [2.05, 4.69) is 12.2 Å². The number of phenols is 1. The first-order valence-electron chi connectivity index (χ1n) is 6.79. The van der Waals surface area contributed by atoms with Crippen LogP contribution in [0.15, 0.2) is 24.3 Å². The van der Waals surface area contributed by atoms with E-state index >= 15 is 0 Å². The highest BCUT2D eigenvalue weighted by atomic mass is 16.3. The predicted molar refractivity (Wildman–Crippen MR) is 71.6 cm³/mol. The Morgan fingerprint density at radius 3 is 3.00 bits per heavy atom. The number of rotatable bonds is 3. The van der Waals surface area contributed by atoms with Gasteiger partial charge in [-0.15, -0.1) is 0 Å². The van der Waals surface area contributed by atoms with Gasteiger partial charge in [0.15, 0.2) is 0 Å². The van der Waals surface area contributed by atoms with Gasteiger partial charge < -0.3 is 10.4 Å². The molecule has 0 aromatic heterocycles. The second-order valence-electron chi connectivity index (χ2n) is 5.16. The molecule has 1 aromatic rings. The summed E-state index contributed by atoms with van der Waals surface area (Å²) in [4.78, 5) is 12.0. The van der Waals surface area contributed by atoms with Crippen molar-refractivity contribution < 1.29 is 9.90 Å². The minimum Gasteiger partial charge on any atom is -0.508 e. The van der Waals surface area contributed by atoms with E-state index in [9.17, 15) is 9.90 Å². The molecule has 1 fully saturated rings. The van der Waals surface area contributed by atoms with Crippen LogP contribution in [0.3, 0.4) is 0 Å². The summed E-state index contributed by atoms with van der Waals surface area (Å²) in [5, 5.41) is 12.4. The minimum atomic E-state index is -0.0762. The molecule has 0 radical (unpaired) electrons. The number of amides is 1. The van der Waals surface area contributed by atoms with Crippen LogP contribution >= 0.6 is 0 Å². The first-order chi connectivity index (χ1) is 8.69. The molecule has 0 spiro atoms. The highest BCUT2D eigenvalue weighted by Crippen LogP contribution is 2.26. The maximum atomic E-state index is 12.0. The molecular weight excluding hydrogens is 226 g/mol. The van der Waals surface area contributed by atoms with E-state index in [1.807, 2.05) is 0 Å². The molecule has 1 aromatic carbocycles. The second kappa shape index (κ2) is 5.89. The average Bonchev–Trinajstić information content (AvgIpc) is 2.39. The van der Waals surface area contributed by atoms with E-state index in [1.165, 1.54) is 25.3 Å². The topological polar surface area (TPSA) is 49.3 Å². The number of benzene rings is 1. The SMILES string of the molecule is CCC1CCCC(NC(=O)c2cccc(O)c2)C1. The van der Waals surface area contributed by atoms with Crippen molar-refractivity contribution in [2.75, 3.05) is 0 Å². The second-order valence-corrected chi connectivity index (χ2v) is 5.16. The van der Waals surface area contributed by atoms with Crippen molar-refractivity contribution in [3.05, 3.63) is 29.8 Å². The predicted octanol–water partition coefficient (Wildman–Crippen LogP) is 3.09. The van der Waals surface area contributed by atoms with Gasteiger partial charge in [0.25, 0.3) is 5.91 Å². The Kier molecular flexibility index (Phi) is 4.24. The Hall–Kier alpha value is -1.51. The van der Waals surface area contributed by atoms with Gasteiger partial charge >= 0.3 is 0 Å². The number of phenolic OH excluding ortho intramolecular Hbond substituents is 1. The molecule has 2 unspecified atom stereocenters. The number of carbonyl (C=O) groups is 1. The molecule has 18 heavy (non-hydrogen) atoms. The Labute approximate surface area is 108 Å². The van der Waals surface area contributed by atoms with Gasteiger partial charge in [-0.05, 0) is 37.0 Å². The molecular formula is C15H21NO2. The molecule has 3 nitrogen and oxygen atoms in total.